The molecule has 1 fully saturated rings. The van der Waals surface area contributed by atoms with Crippen LogP contribution in [0.2, 0.25) is 10.0 Å². The molecule has 166 valence electrons. The Hall–Kier alpha value is -2.31. The van der Waals surface area contributed by atoms with Gasteiger partial charge in [0.2, 0.25) is 0 Å². The summed E-state index contributed by atoms with van der Waals surface area (Å²) in [5, 5.41) is 11.4. The zero-order valence-electron chi connectivity index (χ0n) is 17.7. The van der Waals surface area contributed by atoms with Crippen molar-refractivity contribution in [1.29, 1.82) is 0 Å². The van der Waals surface area contributed by atoms with E-state index >= 15 is 0 Å². The van der Waals surface area contributed by atoms with Gasteiger partial charge in [-0.05, 0) is 65.1 Å². The molecule has 0 radical (unpaired) electrons. The number of phenols is 1. The van der Waals surface area contributed by atoms with Crippen LogP contribution in [-0.4, -0.2) is 37.8 Å². The van der Waals surface area contributed by atoms with E-state index in [1.54, 1.807) is 25.1 Å². The first-order valence-electron chi connectivity index (χ1n) is 10.1. The van der Waals surface area contributed by atoms with Crippen molar-refractivity contribution in [3.8, 4) is 5.75 Å². The SMILES string of the molecule is Cc1c(O)cccc1C(=C1CN(C(c2ccc(Cl)cc2)c2ccc(Cl)cc2)C1)S(C)(=O)=O. The van der Waals surface area contributed by atoms with E-state index in [9.17, 15) is 13.5 Å². The first kappa shape index (κ1) is 22.9. The highest BCUT2D eigenvalue weighted by Crippen LogP contribution is 2.40. The number of sulfone groups is 1. The van der Waals surface area contributed by atoms with Crippen LogP contribution in [0.15, 0.2) is 72.3 Å². The lowest BCUT2D eigenvalue weighted by Crippen LogP contribution is -2.44. The molecule has 3 aromatic carbocycles. The van der Waals surface area contributed by atoms with Gasteiger partial charge in [0.05, 0.1) is 10.9 Å². The summed E-state index contributed by atoms with van der Waals surface area (Å²) in [6.45, 7) is 2.72. The summed E-state index contributed by atoms with van der Waals surface area (Å²) in [6, 6.07) is 20.3. The molecule has 0 saturated carbocycles. The molecule has 1 N–H and O–H groups in total. The average Bonchev–Trinajstić information content (AvgIpc) is 2.70. The van der Waals surface area contributed by atoms with Crippen LogP contribution in [0, 0.1) is 6.92 Å². The summed E-state index contributed by atoms with van der Waals surface area (Å²) >= 11 is 12.2. The summed E-state index contributed by atoms with van der Waals surface area (Å²) in [4.78, 5) is 2.51. The molecule has 4 rings (SSSR count). The van der Waals surface area contributed by atoms with Crippen molar-refractivity contribution >= 4 is 37.9 Å². The van der Waals surface area contributed by atoms with E-state index in [2.05, 4.69) is 4.90 Å². The van der Waals surface area contributed by atoms with Gasteiger partial charge in [0.15, 0.2) is 9.84 Å². The number of nitrogens with zero attached hydrogens (tertiary/aromatic N) is 1. The van der Waals surface area contributed by atoms with E-state index in [1.807, 2.05) is 48.5 Å². The van der Waals surface area contributed by atoms with Gasteiger partial charge in [-0.2, -0.15) is 0 Å². The highest BCUT2D eigenvalue weighted by molar-refractivity contribution is 8.00. The number of hydrogen-bond donors (Lipinski definition) is 1. The normalized spacial score (nSPS) is 14.5. The maximum absolute atomic E-state index is 12.7. The Morgan fingerprint density at radius 1 is 0.906 bits per heavy atom. The zero-order chi connectivity index (χ0) is 23.0. The molecule has 0 amide bonds. The standard InChI is InChI=1S/C25H23Cl2NO3S/c1-16-22(4-3-5-23(16)29)25(32(2,30)31)19-14-28(15-19)24(17-6-10-20(26)11-7-17)18-8-12-21(27)13-9-18/h3-13,24,29H,14-15H2,1-2H3. The molecule has 1 heterocycles. The summed E-state index contributed by atoms with van der Waals surface area (Å²) in [5.41, 5.74) is 4.06. The molecule has 0 aromatic heterocycles. The van der Waals surface area contributed by atoms with Crippen molar-refractivity contribution in [1.82, 2.24) is 4.90 Å². The first-order chi connectivity index (χ1) is 15.1. The van der Waals surface area contributed by atoms with Gasteiger partial charge in [0.1, 0.15) is 5.75 Å². The zero-order valence-corrected chi connectivity index (χ0v) is 20.0. The smallest absolute Gasteiger partial charge is 0.176 e. The van der Waals surface area contributed by atoms with Crippen LogP contribution in [0.3, 0.4) is 0 Å². The number of hydrogen-bond acceptors (Lipinski definition) is 4. The lowest BCUT2D eigenvalue weighted by molar-refractivity contribution is 0.203. The average molecular weight is 488 g/mol. The van der Waals surface area contributed by atoms with Crippen LogP contribution in [-0.2, 0) is 9.84 Å². The minimum absolute atomic E-state index is 0.0700. The van der Waals surface area contributed by atoms with E-state index in [0.29, 0.717) is 39.2 Å². The van der Waals surface area contributed by atoms with Crippen molar-refractivity contribution in [2.75, 3.05) is 19.3 Å². The second-order valence-corrected chi connectivity index (χ2v) is 10.9. The van der Waals surface area contributed by atoms with Crippen LogP contribution in [0.5, 0.6) is 5.75 Å². The highest BCUT2D eigenvalue weighted by Gasteiger charge is 2.35. The van der Waals surface area contributed by atoms with Crippen LogP contribution < -0.4 is 0 Å². The van der Waals surface area contributed by atoms with Crippen molar-refractivity contribution < 1.29 is 13.5 Å². The minimum Gasteiger partial charge on any atom is -0.508 e. The molecule has 32 heavy (non-hydrogen) atoms. The Kier molecular flexibility index (Phi) is 6.37. The van der Waals surface area contributed by atoms with Gasteiger partial charge in [0, 0.05) is 29.4 Å². The number of benzene rings is 3. The van der Waals surface area contributed by atoms with Crippen molar-refractivity contribution in [3.63, 3.8) is 0 Å². The van der Waals surface area contributed by atoms with Gasteiger partial charge in [-0.3, -0.25) is 4.90 Å². The molecule has 4 nitrogen and oxygen atoms in total. The topological polar surface area (TPSA) is 57.6 Å². The number of likely N-dealkylation sites (tertiary alicyclic amines) is 1. The maximum atomic E-state index is 12.7. The third kappa shape index (κ3) is 4.57. The Bertz CT molecular complexity index is 1230. The van der Waals surface area contributed by atoms with Crippen LogP contribution in [0.1, 0.15) is 28.3 Å². The van der Waals surface area contributed by atoms with E-state index < -0.39 is 9.84 Å². The highest BCUT2D eigenvalue weighted by atomic mass is 35.5. The quantitative estimate of drug-likeness (QED) is 0.488. The summed E-state index contributed by atoms with van der Waals surface area (Å²) in [7, 11) is -3.50. The largest absolute Gasteiger partial charge is 0.508 e. The molecule has 0 spiro atoms. The molecule has 0 atom stereocenters. The fraction of sp³-hybridized carbons (Fsp3) is 0.200. The fourth-order valence-electron chi connectivity index (χ4n) is 4.20. The Labute approximate surface area is 198 Å². The molecule has 0 unspecified atom stereocenters. The predicted molar refractivity (Wildman–Crippen MR) is 131 cm³/mol. The Morgan fingerprint density at radius 2 is 1.41 bits per heavy atom. The van der Waals surface area contributed by atoms with Crippen molar-refractivity contribution in [2.24, 2.45) is 0 Å². The second kappa shape index (κ2) is 8.91. The molecular weight excluding hydrogens is 465 g/mol. The molecule has 0 bridgehead atoms. The van der Waals surface area contributed by atoms with E-state index in [0.717, 1.165) is 16.7 Å². The Morgan fingerprint density at radius 3 is 1.88 bits per heavy atom. The van der Waals surface area contributed by atoms with E-state index in [-0.39, 0.29) is 11.8 Å². The van der Waals surface area contributed by atoms with Gasteiger partial charge in [0.25, 0.3) is 0 Å². The summed E-state index contributed by atoms with van der Waals surface area (Å²) < 4.78 is 25.5. The summed E-state index contributed by atoms with van der Waals surface area (Å²) in [5.74, 6) is 0.0839. The van der Waals surface area contributed by atoms with Crippen LogP contribution >= 0.6 is 23.2 Å². The third-order valence-corrected chi connectivity index (χ3v) is 7.52. The number of rotatable bonds is 5. The van der Waals surface area contributed by atoms with Gasteiger partial charge in [-0.15, -0.1) is 0 Å². The molecule has 0 aliphatic carbocycles. The fourth-order valence-corrected chi connectivity index (χ4v) is 5.72. The first-order valence-corrected chi connectivity index (χ1v) is 12.8. The maximum Gasteiger partial charge on any atom is 0.176 e. The number of phenolic OH excluding ortho intramolecular Hbond substituents is 1. The Balaban J connectivity index is 1.75. The molecule has 1 aliphatic rings. The van der Waals surface area contributed by atoms with Crippen LogP contribution in [0.4, 0.5) is 0 Å². The lowest BCUT2D eigenvalue weighted by atomic mass is 9.91. The molecule has 3 aromatic rings. The lowest BCUT2D eigenvalue weighted by Gasteiger charge is -2.42. The van der Waals surface area contributed by atoms with Gasteiger partial charge in [-0.25, -0.2) is 8.42 Å². The number of halogens is 2. The molecule has 1 aliphatic heterocycles. The third-order valence-electron chi connectivity index (χ3n) is 5.77. The molecule has 7 heteroatoms. The molecule has 1 saturated heterocycles. The minimum atomic E-state index is -3.50. The second-order valence-electron chi connectivity index (χ2n) is 8.07. The van der Waals surface area contributed by atoms with Crippen LogP contribution in [0.25, 0.3) is 4.91 Å². The van der Waals surface area contributed by atoms with Crippen molar-refractivity contribution in [2.45, 2.75) is 13.0 Å². The van der Waals surface area contributed by atoms with Gasteiger partial charge >= 0.3 is 0 Å². The predicted octanol–water partition coefficient (Wildman–Crippen LogP) is 5.87. The van der Waals surface area contributed by atoms with Gasteiger partial charge < -0.3 is 5.11 Å². The number of aromatic hydroxyl groups is 1. The monoisotopic (exact) mass is 487 g/mol. The van der Waals surface area contributed by atoms with E-state index in [1.165, 1.54) is 6.26 Å². The molecular formula is C25H23Cl2NO3S. The van der Waals surface area contributed by atoms with Crippen molar-refractivity contribution in [3.05, 3.63) is 105 Å². The summed E-state index contributed by atoms with van der Waals surface area (Å²) in [6.07, 6.45) is 1.22. The van der Waals surface area contributed by atoms with Gasteiger partial charge in [-0.1, -0.05) is 59.6 Å². The van der Waals surface area contributed by atoms with E-state index in [4.69, 9.17) is 23.2 Å².